The fraction of sp³-hybridized carbons (Fsp3) is 0.375. The van der Waals surface area contributed by atoms with E-state index in [1.807, 2.05) is 0 Å². The highest BCUT2D eigenvalue weighted by molar-refractivity contribution is 5.47. The molecule has 0 saturated heterocycles. The molecule has 3 rings (SSSR count). The first-order valence-corrected chi connectivity index (χ1v) is 6.95. The summed E-state index contributed by atoms with van der Waals surface area (Å²) in [5, 5.41) is 3.35. The highest BCUT2D eigenvalue weighted by atomic mass is 16.5. The lowest BCUT2D eigenvalue weighted by Crippen LogP contribution is -2.25. The normalized spacial score (nSPS) is 13.9. The summed E-state index contributed by atoms with van der Waals surface area (Å²) in [7, 11) is 0. The Balaban J connectivity index is 2.02. The van der Waals surface area contributed by atoms with Crippen molar-refractivity contribution in [1.29, 1.82) is 0 Å². The van der Waals surface area contributed by atoms with E-state index in [0.717, 1.165) is 42.1 Å². The Morgan fingerprint density at radius 3 is 2.75 bits per heavy atom. The summed E-state index contributed by atoms with van der Waals surface area (Å²) in [5.74, 6) is 1.59. The summed E-state index contributed by atoms with van der Waals surface area (Å²) in [6.45, 7) is 7.98. The molecule has 20 heavy (non-hydrogen) atoms. The van der Waals surface area contributed by atoms with Crippen LogP contribution in [0.4, 0.5) is 0 Å². The molecule has 104 valence electrons. The second-order valence-corrected chi connectivity index (χ2v) is 5.29. The van der Waals surface area contributed by atoms with E-state index in [4.69, 9.17) is 4.74 Å². The molecular formula is C16H19N3O. The topological polar surface area (TPSA) is 47.0 Å². The van der Waals surface area contributed by atoms with Crippen molar-refractivity contribution in [2.24, 2.45) is 0 Å². The van der Waals surface area contributed by atoms with Crippen LogP contribution in [0.5, 0.6) is 11.6 Å². The second-order valence-electron chi connectivity index (χ2n) is 5.29. The summed E-state index contributed by atoms with van der Waals surface area (Å²) in [5.41, 5.74) is 5.70. The van der Waals surface area contributed by atoms with Gasteiger partial charge in [0, 0.05) is 19.5 Å². The molecule has 2 heterocycles. The quantitative estimate of drug-likeness (QED) is 0.910. The van der Waals surface area contributed by atoms with Gasteiger partial charge in [0.2, 0.25) is 5.88 Å². The van der Waals surface area contributed by atoms with Crippen LogP contribution in [-0.4, -0.2) is 16.5 Å². The third kappa shape index (κ3) is 2.27. The number of nitrogens with zero attached hydrogens (tertiary/aromatic N) is 2. The van der Waals surface area contributed by atoms with Gasteiger partial charge in [-0.2, -0.15) is 0 Å². The fourth-order valence-electron chi connectivity index (χ4n) is 2.51. The third-order valence-corrected chi connectivity index (χ3v) is 3.91. The van der Waals surface area contributed by atoms with Gasteiger partial charge < -0.3 is 10.1 Å². The highest BCUT2D eigenvalue weighted by Gasteiger charge is 2.18. The molecule has 1 aliphatic heterocycles. The molecule has 0 amide bonds. The Bertz CT molecular complexity index is 652. The molecule has 0 unspecified atom stereocenters. The molecule has 2 aromatic rings. The Morgan fingerprint density at radius 2 is 1.90 bits per heavy atom. The zero-order valence-electron chi connectivity index (χ0n) is 12.2. The van der Waals surface area contributed by atoms with Crippen LogP contribution in [0.2, 0.25) is 0 Å². The smallest absolute Gasteiger partial charge is 0.227 e. The van der Waals surface area contributed by atoms with E-state index in [1.54, 1.807) is 6.33 Å². The van der Waals surface area contributed by atoms with Crippen LogP contribution in [0.1, 0.15) is 27.9 Å². The van der Waals surface area contributed by atoms with Gasteiger partial charge in [0.25, 0.3) is 0 Å². The Hall–Kier alpha value is -1.94. The molecule has 4 heteroatoms. The standard InChI is InChI=1S/C16H19N3O/c1-10-4-5-11(2)15(12(10)3)20-16-13-8-17-7-6-14(13)18-9-19-16/h4-5,9,17H,6-8H2,1-3H3. The largest absolute Gasteiger partial charge is 0.438 e. The SMILES string of the molecule is Cc1ccc(C)c(Oc2ncnc3c2CNCC3)c1C. The van der Waals surface area contributed by atoms with Gasteiger partial charge in [-0.15, -0.1) is 0 Å². The molecule has 1 aromatic carbocycles. The fourth-order valence-corrected chi connectivity index (χ4v) is 2.51. The summed E-state index contributed by atoms with van der Waals surface area (Å²) in [4.78, 5) is 8.68. The zero-order valence-corrected chi connectivity index (χ0v) is 12.2. The minimum Gasteiger partial charge on any atom is -0.438 e. The average Bonchev–Trinajstić information content (AvgIpc) is 2.48. The molecule has 0 fully saturated rings. The summed E-state index contributed by atoms with van der Waals surface area (Å²) < 4.78 is 6.13. The summed E-state index contributed by atoms with van der Waals surface area (Å²) in [6.07, 6.45) is 2.53. The lowest BCUT2D eigenvalue weighted by atomic mass is 10.1. The predicted octanol–water partition coefficient (Wildman–Crippen LogP) is 2.84. The van der Waals surface area contributed by atoms with Gasteiger partial charge in [0.05, 0.1) is 11.3 Å². The minimum absolute atomic E-state index is 0.680. The van der Waals surface area contributed by atoms with Crippen LogP contribution in [0.25, 0.3) is 0 Å². The molecule has 0 spiro atoms. The molecule has 0 saturated carbocycles. The van der Waals surface area contributed by atoms with Crippen molar-refractivity contribution in [3.8, 4) is 11.6 Å². The van der Waals surface area contributed by atoms with Crippen LogP contribution in [-0.2, 0) is 13.0 Å². The first-order chi connectivity index (χ1) is 9.66. The number of hydrogen-bond donors (Lipinski definition) is 1. The van der Waals surface area contributed by atoms with E-state index in [2.05, 4.69) is 48.2 Å². The molecule has 0 atom stereocenters. The first kappa shape index (κ1) is 13.1. The maximum Gasteiger partial charge on any atom is 0.227 e. The number of aryl methyl sites for hydroxylation is 2. The molecule has 4 nitrogen and oxygen atoms in total. The van der Waals surface area contributed by atoms with Crippen LogP contribution in [0, 0.1) is 20.8 Å². The Labute approximate surface area is 119 Å². The monoisotopic (exact) mass is 269 g/mol. The molecule has 0 radical (unpaired) electrons. The van der Waals surface area contributed by atoms with Crippen molar-refractivity contribution in [3.63, 3.8) is 0 Å². The van der Waals surface area contributed by atoms with Crippen molar-refractivity contribution in [1.82, 2.24) is 15.3 Å². The lowest BCUT2D eigenvalue weighted by molar-refractivity contribution is 0.438. The van der Waals surface area contributed by atoms with E-state index in [9.17, 15) is 0 Å². The van der Waals surface area contributed by atoms with Crippen LogP contribution >= 0.6 is 0 Å². The van der Waals surface area contributed by atoms with E-state index in [0.29, 0.717) is 5.88 Å². The van der Waals surface area contributed by atoms with E-state index in [-0.39, 0.29) is 0 Å². The molecule has 0 bridgehead atoms. The number of rotatable bonds is 2. The molecule has 0 aliphatic carbocycles. The maximum atomic E-state index is 6.13. The predicted molar refractivity (Wildman–Crippen MR) is 78.2 cm³/mol. The molecule has 1 N–H and O–H groups in total. The van der Waals surface area contributed by atoms with Crippen molar-refractivity contribution in [2.45, 2.75) is 33.7 Å². The average molecular weight is 269 g/mol. The summed E-state index contributed by atoms with van der Waals surface area (Å²) >= 11 is 0. The maximum absolute atomic E-state index is 6.13. The first-order valence-electron chi connectivity index (χ1n) is 6.95. The third-order valence-electron chi connectivity index (χ3n) is 3.91. The van der Waals surface area contributed by atoms with E-state index >= 15 is 0 Å². The van der Waals surface area contributed by atoms with Crippen molar-refractivity contribution >= 4 is 0 Å². The van der Waals surface area contributed by atoms with Gasteiger partial charge in [-0.05, 0) is 37.5 Å². The van der Waals surface area contributed by atoms with Gasteiger partial charge in [-0.3, -0.25) is 0 Å². The Morgan fingerprint density at radius 1 is 1.10 bits per heavy atom. The summed E-state index contributed by atoms with van der Waals surface area (Å²) in [6, 6.07) is 4.21. The number of ether oxygens (including phenoxy) is 1. The molecular weight excluding hydrogens is 250 g/mol. The number of fused-ring (bicyclic) bond motifs is 1. The second kappa shape index (κ2) is 5.21. The molecule has 1 aromatic heterocycles. The van der Waals surface area contributed by atoms with Gasteiger partial charge >= 0.3 is 0 Å². The minimum atomic E-state index is 0.680. The van der Waals surface area contributed by atoms with Crippen molar-refractivity contribution in [3.05, 3.63) is 46.4 Å². The number of nitrogens with one attached hydrogen (secondary N) is 1. The van der Waals surface area contributed by atoms with Crippen molar-refractivity contribution < 1.29 is 4.74 Å². The van der Waals surface area contributed by atoms with Crippen LogP contribution < -0.4 is 10.1 Å². The van der Waals surface area contributed by atoms with E-state index in [1.165, 1.54) is 11.1 Å². The highest BCUT2D eigenvalue weighted by Crippen LogP contribution is 2.32. The Kier molecular flexibility index (Phi) is 3.40. The van der Waals surface area contributed by atoms with Gasteiger partial charge in [-0.25, -0.2) is 9.97 Å². The lowest BCUT2D eigenvalue weighted by Gasteiger charge is -2.20. The van der Waals surface area contributed by atoms with Crippen molar-refractivity contribution in [2.75, 3.05) is 6.54 Å². The van der Waals surface area contributed by atoms with Crippen LogP contribution in [0.15, 0.2) is 18.5 Å². The number of aromatic nitrogens is 2. The van der Waals surface area contributed by atoms with E-state index < -0.39 is 0 Å². The number of benzene rings is 1. The van der Waals surface area contributed by atoms with Gasteiger partial charge in [-0.1, -0.05) is 12.1 Å². The van der Waals surface area contributed by atoms with Crippen LogP contribution in [0.3, 0.4) is 0 Å². The van der Waals surface area contributed by atoms with Gasteiger partial charge in [0.1, 0.15) is 12.1 Å². The number of hydrogen-bond acceptors (Lipinski definition) is 4. The zero-order chi connectivity index (χ0) is 14.1. The van der Waals surface area contributed by atoms with Gasteiger partial charge in [0.15, 0.2) is 0 Å². The molecule has 1 aliphatic rings.